The SMILES string of the molecule is CCCN1CCc2c(sc(NC(=O)c3ccc(S(=O)(=O)N4CCC(C)CC4)cc3)c2C#N)C1. The van der Waals surface area contributed by atoms with Crippen LogP contribution in [0, 0.1) is 17.2 Å². The van der Waals surface area contributed by atoms with Crippen LogP contribution in [0.25, 0.3) is 0 Å². The zero-order valence-electron chi connectivity index (χ0n) is 19.1. The van der Waals surface area contributed by atoms with E-state index in [0.717, 1.165) is 55.8 Å². The lowest BCUT2D eigenvalue weighted by molar-refractivity contribution is 0.102. The van der Waals surface area contributed by atoms with E-state index in [9.17, 15) is 18.5 Å². The maximum Gasteiger partial charge on any atom is 0.256 e. The first-order valence-electron chi connectivity index (χ1n) is 11.5. The van der Waals surface area contributed by atoms with Crippen LogP contribution >= 0.6 is 11.3 Å². The number of amides is 1. The molecule has 1 saturated heterocycles. The average molecular weight is 487 g/mol. The van der Waals surface area contributed by atoms with Crippen molar-refractivity contribution in [2.45, 2.75) is 51.0 Å². The molecule has 2 aromatic rings. The fourth-order valence-electron chi connectivity index (χ4n) is 4.50. The molecule has 1 aromatic heterocycles. The number of carbonyl (C=O) groups excluding carboxylic acids is 1. The van der Waals surface area contributed by atoms with Crippen LogP contribution in [-0.4, -0.2) is 49.7 Å². The van der Waals surface area contributed by atoms with Gasteiger partial charge in [-0.1, -0.05) is 13.8 Å². The van der Waals surface area contributed by atoms with Crippen LogP contribution in [0.15, 0.2) is 29.2 Å². The number of hydrogen-bond donors (Lipinski definition) is 1. The van der Waals surface area contributed by atoms with Crippen molar-refractivity contribution in [1.82, 2.24) is 9.21 Å². The van der Waals surface area contributed by atoms with Gasteiger partial charge in [0.1, 0.15) is 11.1 Å². The molecule has 7 nitrogen and oxygen atoms in total. The summed E-state index contributed by atoms with van der Waals surface area (Å²) in [6.07, 6.45) is 3.62. The van der Waals surface area contributed by atoms with E-state index < -0.39 is 10.0 Å². The van der Waals surface area contributed by atoms with E-state index in [1.807, 2.05) is 0 Å². The molecule has 3 heterocycles. The Labute approximate surface area is 200 Å². The molecule has 1 N–H and O–H groups in total. The second kappa shape index (κ2) is 9.94. The third kappa shape index (κ3) is 4.99. The summed E-state index contributed by atoms with van der Waals surface area (Å²) in [5.41, 5.74) is 1.96. The predicted molar refractivity (Wildman–Crippen MR) is 130 cm³/mol. The molecule has 0 saturated carbocycles. The minimum Gasteiger partial charge on any atom is -0.312 e. The van der Waals surface area contributed by atoms with Gasteiger partial charge in [-0.2, -0.15) is 9.57 Å². The summed E-state index contributed by atoms with van der Waals surface area (Å²) in [4.78, 5) is 16.6. The first-order chi connectivity index (χ1) is 15.8. The summed E-state index contributed by atoms with van der Waals surface area (Å²) >= 11 is 1.47. The van der Waals surface area contributed by atoms with Crippen molar-refractivity contribution in [3.63, 3.8) is 0 Å². The fraction of sp³-hybridized carbons (Fsp3) is 0.500. The number of piperidine rings is 1. The lowest BCUT2D eigenvalue weighted by Crippen LogP contribution is -2.37. The second-order valence-corrected chi connectivity index (χ2v) is 12.0. The summed E-state index contributed by atoms with van der Waals surface area (Å²) in [7, 11) is -3.55. The lowest BCUT2D eigenvalue weighted by atomic mass is 10.0. The Balaban J connectivity index is 1.48. The van der Waals surface area contributed by atoms with Gasteiger partial charge in [-0.3, -0.25) is 9.69 Å². The van der Waals surface area contributed by atoms with Gasteiger partial charge >= 0.3 is 0 Å². The van der Waals surface area contributed by atoms with Gasteiger partial charge in [-0.25, -0.2) is 8.42 Å². The standard InChI is InChI=1S/C24H30N4O3S2/c1-3-11-27-12-10-20-21(15-25)24(32-22(20)16-27)26-23(29)18-4-6-19(7-5-18)33(30,31)28-13-8-17(2)9-14-28/h4-7,17H,3,8-14,16H2,1-2H3,(H,26,29). The molecule has 2 aliphatic rings. The molecule has 0 unspecified atom stereocenters. The van der Waals surface area contributed by atoms with E-state index >= 15 is 0 Å². The minimum absolute atomic E-state index is 0.203. The minimum atomic E-state index is -3.55. The molecule has 0 aliphatic carbocycles. The molecule has 1 fully saturated rings. The first kappa shape index (κ1) is 23.9. The van der Waals surface area contributed by atoms with Gasteiger partial charge in [0.05, 0.1) is 10.5 Å². The topological polar surface area (TPSA) is 93.5 Å². The van der Waals surface area contributed by atoms with Crippen molar-refractivity contribution in [3.05, 3.63) is 45.8 Å². The Kier molecular flexibility index (Phi) is 7.19. The van der Waals surface area contributed by atoms with Crippen molar-refractivity contribution in [2.75, 3.05) is 31.5 Å². The molecule has 0 atom stereocenters. The molecule has 0 radical (unpaired) electrons. The molecule has 4 rings (SSSR count). The maximum atomic E-state index is 12.9. The molecular weight excluding hydrogens is 456 g/mol. The van der Waals surface area contributed by atoms with Crippen LogP contribution in [0.2, 0.25) is 0 Å². The number of fused-ring (bicyclic) bond motifs is 1. The van der Waals surface area contributed by atoms with Crippen LogP contribution in [0.4, 0.5) is 5.00 Å². The molecule has 176 valence electrons. The molecule has 0 spiro atoms. The number of anilines is 1. The first-order valence-corrected chi connectivity index (χ1v) is 13.8. The number of hydrogen-bond acceptors (Lipinski definition) is 6. The highest BCUT2D eigenvalue weighted by Gasteiger charge is 2.28. The normalized spacial score (nSPS) is 18.0. The summed E-state index contributed by atoms with van der Waals surface area (Å²) in [5.74, 6) is 0.199. The van der Waals surface area contributed by atoms with Crippen LogP contribution in [0.5, 0.6) is 0 Å². The van der Waals surface area contributed by atoms with E-state index in [-0.39, 0.29) is 10.8 Å². The molecule has 33 heavy (non-hydrogen) atoms. The zero-order valence-corrected chi connectivity index (χ0v) is 20.8. The molecule has 1 amide bonds. The van der Waals surface area contributed by atoms with Crippen LogP contribution in [0.3, 0.4) is 0 Å². The van der Waals surface area contributed by atoms with E-state index in [1.165, 1.54) is 39.9 Å². The Morgan fingerprint density at radius 1 is 1.21 bits per heavy atom. The van der Waals surface area contributed by atoms with Crippen LogP contribution in [0.1, 0.15) is 59.5 Å². The number of nitriles is 1. The van der Waals surface area contributed by atoms with Crippen LogP contribution < -0.4 is 5.32 Å². The Morgan fingerprint density at radius 2 is 1.91 bits per heavy atom. The van der Waals surface area contributed by atoms with Gasteiger partial charge in [0, 0.05) is 36.6 Å². The molecule has 2 aliphatic heterocycles. The zero-order chi connectivity index (χ0) is 23.6. The van der Waals surface area contributed by atoms with E-state index in [4.69, 9.17) is 0 Å². The third-order valence-electron chi connectivity index (χ3n) is 6.51. The number of sulfonamides is 1. The number of rotatable bonds is 6. The van der Waals surface area contributed by atoms with Crippen molar-refractivity contribution in [3.8, 4) is 6.07 Å². The Hall–Kier alpha value is -2.25. The van der Waals surface area contributed by atoms with E-state index in [1.54, 1.807) is 0 Å². The number of nitrogens with one attached hydrogen (secondary N) is 1. The average Bonchev–Trinajstić information content (AvgIpc) is 3.15. The highest BCUT2D eigenvalue weighted by molar-refractivity contribution is 7.89. The molecule has 0 bridgehead atoms. The lowest BCUT2D eigenvalue weighted by Gasteiger charge is -2.29. The van der Waals surface area contributed by atoms with Gasteiger partial charge in [-0.05, 0) is 68.0 Å². The van der Waals surface area contributed by atoms with Crippen molar-refractivity contribution >= 4 is 32.3 Å². The Bertz CT molecular complexity index is 1160. The largest absolute Gasteiger partial charge is 0.312 e. The van der Waals surface area contributed by atoms with Gasteiger partial charge < -0.3 is 5.32 Å². The highest BCUT2D eigenvalue weighted by Crippen LogP contribution is 2.37. The van der Waals surface area contributed by atoms with Crippen molar-refractivity contribution in [2.24, 2.45) is 5.92 Å². The van der Waals surface area contributed by atoms with Gasteiger partial charge in [-0.15, -0.1) is 11.3 Å². The van der Waals surface area contributed by atoms with Gasteiger partial charge in [0.2, 0.25) is 10.0 Å². The van der Waals surface area contributed by atoms with Crippen molar-refractivity contribution < 1.29 is 13.2 Å². The van der Waals surface area contributed by atoms with E-state index in [2.05, 4.69) is 30.1 Å². The number of benzene rings is 1. The molecule has 1 aromatic carbocycles. The smallest absolute Gasteiger partial charge is 0.256 e. The fourth-order valence-corrected chi connectivity index (χ4v) is 7.20. The second-order valence-electron chi connectivity index (χ2n) is 8.91. The van der Waals surface area contributed by atoms with Gasteiger partial charge in [0.15, 0.2) is 0 Å². The van der Waals surface area contributed by atoms with Crippen LogP contribution in [-0.2, 0) is 23.0 Å². The maximum absolute atomic E-state index is 12.9. The monoisotopic (exact) mass is 486 g/mol. The quantitative estimate of drug-likeness (QED) is 0.665. The van der Waals surface area contributed by atoms with Crippen molar-refractivity contribution in [1.29, 1.82) is 5.26 Å². The highest BCUT2D eigenvalue weighted by atomic mass is 32.2. The third-order valence-corrected chi connectivity index (χ3v) is 9.56. The predicted octanol–water partition coefficient (Wildman–Crippen LogP) is 4.06. The summed E-state index contributed by atoms with van der Waals surface area (Å²) in [6, 6.07) is 8.34. The number of carbonyl (C=O) groups is 1. The summed E-state index contributed by atoms with van der Waals surface area (Å²) < 4.78 is 27.4. The van der Waals surface area contributed by atoms with Gasteiger partial charge in [0.25, 0.3) is 5.91 Å². The Morgan fingerprint density at radius 3 is 2.55 bits per heavy atom. The number of thiophene rings is 1. The summed E-state index contributed by atoms with van der Waals surface area (Å²) in [5, 5.41) is 13.2. The van der Waals surface area contributed by atoms with E-state index in [0.29, 0.717) is 35.1 Å². The molecular formula is C24H30N4O3S2. The molecule has 9 heteroatoms. The number of nitrogens with zero attached hydrogens (tertiary/aromatic N) is 3. The summed E-state index contributed by atoms with van der Waals surface area (Å²) in [6.45, 7) is 8.10.